The molecule has 0 heterocycles. The van der Waals surface area contributed by atoms with Gasteiger partial charge in [0.25, 0.3) is 6.10 Å². The van der Waals surface area contributed by atoms with Crippen LogP contribution >= 0.6 is 11.6 Å². The Morgan fingerprint density at radius 2 is 1.82 bits per heavy atom. The number of nitrogens with one attached hydrogen (secondary N) is 1. The quantitative estimate of drug-likeness (QED) is 0.298. The van der Waals surface area contributed by atoms with Gasteiger partial charge in [0.1, 0.15) is 5.75 Å². The van der Waals surface area contributed by atoms with Crippen molar-refractivity contribution in [3.05, 3.63) is 64.2 Å². The number of aryl methyl sites for hydroxylation is 1. The highest BCUT2D eigenvalue weighted by Crippen LogP contribution is 2.26. The van der Waals surface area contributed by atoms with Crippen LogP contribution in [0.1, 0.15) is 49.5 Å². The van der Waals surface area contributed by atoms with E-state index in [1.807, 2.05) is 24.3 Å². The summed E-state index contributed by atoms with van der Waals surface area (Å²) in [5.41, 5.74) is 3.07. The fourth-order valence-corrected chi connectivity index (χ4v) is 4.26. The van der Waals surface area contributed by atoms with Crippen molar-refractivity contribution in [1.29, 1.82) is 0 Å². The molecule has 0 aromatic heterocycles. The first-order chi connectivity index (χ1) is 16.4. The van der Waals surface area contributed by atoms with Crippen LogP contribution in [0.3, 0.4) is 0 Å². The average Bonchev–Trinajstić information content (AvgIpc) is 3.02. The molecule has 34 heavy (non-hydrogen) atoms. The summed E-state index contributed by atoms with van der Waals surface area (Å²) in [6, 6.07) is 13.1. The monoisotopic (exact) mass is 489 g/mol. The summed E-state index contributed by atoms with van der Waals surface area (Å²) in [6.45, 7) is 4.05. The highest BCUT2D eigenvalue weighted by molar-refractivity contribution is 6.30. The highest BCUT2D eigenvalue weighted by atomic mass is 35.5. The van der Waals surface area contributed by atoms with Crippen molar-refractivity contribution in [2.24, 2.45) is 0 Å². The molecule has 0 spiro atoms. The van der Waals surface area contributed by atoms with Crippen LogP contribution in [0.5, 0.6) is 5.75 Å². The molecule has 2 aromatic carbocycles. The fourth-order valence-electron chi connectivity index (χ4n) is 4.06. The van der Waals surface area contributed by atoms with E-state index in [-0.39, 0.29) is 19.3 Å². The maximum atomic E-state index is 12.2. The topological polar surface area (TPSA) is 94.1 Å². The summed E-state index contributed by atoms with van der Waals surface area (Å²) in [6.07, 6.45) is 1.48. The lowest BCUT2D eigenvalue weighted by Gasteiger charge is -2.20. The number of carbonyl (C=O) groups excluding carboxylic acids is 2. The predicted octanol–water partition coefficient (Wildman–Crippen LogP) is 3.78. The second kappa shape index (κ2) is 12.7. The van der Waals surface area contributed by atoms with E-state index in [4.69, 9.17) is 25.8 Å². The summed E-state index contributed by atoms with van der Waals surface area (Å²) in [7, 11) is 0. The Balaban J connectivity index is 1.64. The van der Waals surface area contributed by atoms with Crippen molar-refractivity contribution in [1.82, 2.24) is 5.32 Å². The number of ether oxygens (including phenoxy) is 3. The molecule has 1 aliphatic rings. The molecule has 1 aliphatic carbocycles. The number of rotatable bonds is 10. The lowest BCUT2D eigenvalue weighted by Crippen LogP contribution is -2.38. The van der Waals surface area contributed by atoms with Gasteiger partial charge in [0.2, 0.25) is 0 Å². The minimum atomic E-state index is -1.45. The molecule has 1 unspecified atom stereocenters. The van der Waals surface area contributed by atoms with Gasteiger partial charge in [0.05, 0.1) is 19.3 Å². The summed E-state index contributed by atoms with van der Waals surface area (Å²) in [4.78, 5) is 24.4. The van der Waals surface area contributed by atoms with Gasteiger partial charge in [-0.25, -0.2) is 9.59 Å². The van der Waals surface area contributed by atoms with Crippen molar-refractivity contribution in [2.75, 3.05) is 19.8 Å². The molecule has 0 radical (unpaired) electrons. The van der Waals surface area contributed by atoms with E-state index in [1.165, 1.54) is 5.56 Å². The Kier molecular flexibility index (Phi) is 9.74. The molecule has 2 aromatic rings. The molecule has 0 aliphatic heterocycles. The van der Waals surface area contributed by atoms with Gasteiger partial charge >= 0.3 is 11.9 Å². The normalized spacial score (nSPS) is 16.3. The molecule has 8 heteroatoms. The first-order valence-electron chi connectivity index (χ1n) is 11.7. The van der Waals surface area contributed by atoms with Gasteiger partial charge in [-0.3, -0.25) is 0 Å². The molecule has 0 bridgehead atoms. The lowest BCUT2D eigenvalue weighted by atomic mass is 10.0. The number of hydrogen-bond acceptors (Lipinski definition) is 7. The number of fused-ring (bicyclic) bond motifs is 1. The van der Waals surface area contributed by atoms with Crippen molar-refractivity contribution in [2.45, 2.75) is 57.8 Å². The van der Waals surface area contributed by atoms with E-state index in [9.17, 15) is 14.7 Å². The van der Waals surface area contributed by atoms with Crippen molar-refractivity contribution in [3.8, 4) is 5.75 Å². The first-order valence-corrected chi connectivity index (χ1v) is 12.1. The van der Waals surface area contributed by atoms with Gasteiger partial charge in [0, 0.05) is 17.6 Å². The van der Waals surface area contributed by atoms with Crippen LogP contribution in [-0.4, -0.2) is 48.9 Å². The Labute approximate surface area is 205 Å². The zero-order valence-electron chi connectivity index (χ0n) is 19.6. The van der Waals surface area contributed by atoms with Gasteiger partial charge in [0.15, 0.2) is 0 Å². The van der Waals surface area contributed by atoms with Crippen LogP contribution in [0.4, 0.5) is 0 Å². The van der Waals surface area contributed by atoms with E-state index < -0.39 is 24.1 Å². The van der Waals surface area contributed by atoms with Crippen molar-refractivity contribution in [3.63, 3.8) is 0 Å². The zero-order chi connectivity index (χ0) is 24.5. The molecule has 184 valence electrons. The molecule has 2 N–H and O–H groups in total. The van der Waals surface area contributed by atoms with Crippen LogP contribution in [0, 0.1) is 0 Å². The number of esters is 2. The maximum Gasteiger partial charge on any atom is 0.359 e. The second-order valence-electron chi connectivity index (χ2n) is 8.20. The number of aliphatic hydroxyl groups is 1. The standard InChI is InChI=1S/C26H32ClNO6/c1-3-32-25(30)24(26(31)33-4-2)34-22-12-11-18-14-21(10-6-7-17(18)15-22)28-16-23(29)19-8-5-9-20(27)13-19/h5,8-9,11-13,15,21,23-24,28-29H,3-4,6-7,10,14,16H2,1-2H3/t21?,23-/m0/s1. The molecular formula is C26H32ClNO6. The van der Waals surface area contributed by atoms with E-state index in [0.29, 0.717) is 17.3 Å². The third-order valence-electron chi connectivity index (χ3n) is 5.73. The average molecular weight is 490 g/mol. The third-order valence-corrected chi connectivity index (χ3v) is 5.97. The zero-order valence-corrected chi connectivity index (χ0v) is 20.3. The Hall–Kier alpha value is -2.61. The van der Waals surface area contributed by atoms with Crippen LogP contribution in [-0.2, 0) is 31.9 Å². The van der Waals surface area contributed by atoms with Crippen LogP contribution in [0.25, 0.3) is 0 Å². The molecule has 0 fully saturated rings. The van der Waals surface area contributed by atoms with Crippen LogP contribution < -0.4 is 10.1 Å². The summed E-state index contributed by atoms with van der Waals surface area (Å²) in [5.74, 6) is -1.11. The van der Waals surface area contributed by atoms with E-state index in [2.05, 4.69) is 5.32 Å². The number of aliphatic hydroxyl groups excluding tert-OH is 1. The summed E-state index contributed by atoms with van der Waals surface area (Å²) >= 11 is 6.03. The van der Waals surface area contributed by atoms with Gasteiger partial charge < -0.3 is 24.6 Å². The summed E-state index contributed by atoms with van der Waals surface area (Å²) in [5, 5.41) is 14.6. The minimum absolute atomic E-state index is 0.142. The minimum Gasteiger partial charge on any atom is -0.467 e. The first kappa shape index (κ1) is 26.0. The number of hydrogen-bond donors (Lipinski definition) is 2. The summed E-state index contributed by atoms with van der Waals surface area (Å²) < 4.78 is 15.7. The molecule has 2 atom stereocenters. The fraction of sp³-hybridized carbons (Fsp3) is 0.462. The van der Waals surface area contributed by atoms with Gasteiger partial charge in [-0.05, 0) is 80.5 Å². The molecule has 0 saturated carbocycles. The Morgan fingerprint density at radius 1 is 1.09 bits per heavy atom. The van der Waals surface area contributed by atoms with Crippen molar-refractivity contribution < 1.29 is 28.9 Å². The highest BCUT2D eigenvalue weighted by Gasteiger charge is 2.32. The molecule has 7 nitrogen and oxygen atoms in total. The largest absolute Gasteiger partial charge is 0.467 e. The lowest BCUT2D eigenvalue weighted by molar-refractivity contribution is -0.166. The number of carbonyl (C=O) groups is 2. The maximum absolute atomic E-state index is 12.2. The third kappa shape index (κ3) is 7.19. The van der Waals surface area contributed by atoms with Crippen LogP contribution in [0.15, 0.2) is 42.5 Å². The van der Waals surface area contributed by atoms with E-state index >= 15 is 0 Å². The van der Waals surface area contributed by atoms with E-state index in [0.717, 1.165) is 36.8 Å². The van der Waals surface area contributed by atoms with Crippen LogP contribution in [0.2, 0.25) is 5.02 Å². The Morgan fingerprint density at radius 3 is 2.50 bits per heavy atom. The number of halogens is 1. The molecule has 3 rings (SSSR count). The number of benzene rings is 2. The predicted molar refractivity (Wildman–Crippen MR) is 129 cm³/mol. The molecule has 0 saturated heterocycles. The Bertz CT molecular complexity index is 964. The van der Waals surface area contributed by atoms with Gasteiger partial charge in [-0.1, -0.05) is 29.8 Å². The molecular weight excluding hydrogens is 458 g/mol. The molecule has 0 amide bonds. The second-order valence-corrected chi connectivity index (χ2v) is 8.64. The van der Waals surface area contributed by atoms with Gasteiger partial charge in [-0.2, -0.15) is 0 Å². The van der Waals surface area contributed by atoms with Crippen molar-refractivity contribution >= 4 is 23.5 Å². The van der Waals surface area contributed by atoms with E-state index in [1.54, 1.807) is 32.0 Å². The SMILES string of the molecule is CCOC(=O)C(Oc1ccc2c(c1)CCCC(NC[C@H](O)c1cccc(Cl)c1)C2)C(=O)OCC. The smallest absolute Gasteiger partial charge is 0.359 e. The van der Waals surface area contributed by atoms with Gasteiger partial charge in [-0.15, -0.1) is 0 Å².